The molecule has 0 aliphatic carbocycles. The summed E-state index contributed by atoms with van der Waals surface area (Å²) in [4.78, 5) is 25.1. The first-order chi connectivity index (χ1) is 16.8. The van der Waals surface area contributed by atoms with Crippen molar-refractivity contribution in [2.24, 2.45) is 5.14 Å². The van der Waals surface area contributed by atoms with E-state index >= 15 is 0 Å². The second-order valence-corrected chi connectivity index (χ2v) is 9.79. The third-order valence-corrected chi connectivity index (χ3v) is 6.84. The molecule has 4 aromatic carbocycles. The normalized spacial score (nSPS) is 14.6. The molecule has 7 nitrogen and oxygen atoms in total. The van der Waals surface area contributed by atoms with Gasteiger partial charge in [0, 0.05) is 23.9 Å². The minimum absolute atomic E-state index is 0.0277. The SMILES string of the molecule is NS(=O)(=O)c1ccc(CN/C=C2\C(=O)NC(=O)c3ccc(-c4ccc5ccccc5c4)cc32)cc1. The van der Waals surface area contributed by atoms with Crippen LogP contribution in [0.15, 0.2) is 96.0 Å². The van der Waals surface area contributed by atoms with E-state index in [4.69, 9.17) is 5.14 Å². The highest BCUT2D eigenvalue weighted by molar-refractivity contribution is 7.89. The molecule has 8 heteroatoms. The molecule has 0 saturated heterocycles. The molecule has 2 amide bonds. The molecule has 0 atom stereocenters. The van der Waals surface area contributed by atoms with Gasteiger partial charge >= 0.3 is 0 Å². The van der Waals surface area contributed by atoms with Crippen LogP contribution < -0.4 is 15.8 Å². The third kappa shape index (κ3) is 4.57. The van der Waals surface area contributed by atoms with Crippen molar-refractivity contribution in [2.75, 3.05) is 0 Å². The number of benzene rings is 4. The first kappa shape index (κ1) is 22.5. The van der Waals surface area contributed by atoms with E-state index in [1.54, 1.807) is 24.4 Å². The lowest BCUT2D eigenvalue weighted by atomic mass is 9.91. The topological polar surface area (TPSA) is 118 Å². The van der Waals surface area contributed by atoms with Gasteiger partial charge in [-0.05, 0) is 57.8 Å². The quantitative estimate of drug-likeness (QED) is 0.296. The molecule has 0 spiro atoms. The Morgan fingerprint density at radius 1 is 0.771 bits per heavy atom. The van der Waals surface area contributed by atoms with Crippen molar-refractivity contribution >= 4 is 38.2 Å². The number of rotatable bonds is 5. The van der Waals surface area contributed by atoms with Gasteiger partial charge in [-0.3, -0.25) is 14.9 Å². The fraction of sp³-hybridized carbons (Fsp3) is 0.0370. The van der Waals surface area contributed by atoms with Gasteiger partial charge in [0.2, 0.25) is 10.0 Å². The monoisotopic (exact) mass is 483 g/mol. The van der Waals surface area contributed by atoms with Crippen LogP contribution in [0.25, 0.3) is 27.5 Å². The lowest BCUT2D eigenvalue weighted by molar-refractivity contribution is -0.114. The van der Waals surface area contributed by atoms with Gasteiger partial charge in [-0.2, -0.15) is 0 Å². The zero-order valence-corrected chi connectivity index (χ0v) is 19.3. The Morgan fingerprint density at radius 2 is 1.46 bits per heavy atom. The number of primary sulfonamides is 1. The van der Waals surface area contributed by atoms with Gasteiger partial charge in [0.15, 0.2) is 0 Å². The number of nitrogens with one attached hydrogen (secondary N) is 2. The maximum absolute atomic E-state index is 12.7. The molecule has 0 radical (unpaired) electrons. The maximum atomic E-state index is 12.7. The number of carbonyl (C=O) groups excluding carboxylic acids is 2. The number of carbonyl (C=O) groups is 2. The number of hydrogen-bond acceptors (Lipinski definition) is 5. The summed E-state index contributed by atoms with van der Waals surface area (Å²) >= 11 is 0. The van der Waals surface area contributed by atoms with Crippen molar-refractivity contribution in [3.63, 3.8) is 0 Å². The molecule has 0 fully saturated rings. The molecule has 0 aromatic heterocycles. The van der Waals surface area contributed by atoms with Crippen LogP contribution in [-0.2, 0) is 21.4 Å². The van der Waals surface area contributed by atoms with Crippen LogP contribution >= 0.6 is 0 Å². The summed E-state index contributed by atoms with van der Waals surface area (Å²) in [7, 11) is -3.76. The summed E-state index contributed by atoms with van der Waals surface area (Å²) in [5, 5.41) is 12.8. The van der Waals surface area contributed by atoms with E-state index in [2.05, 4.69) is 16.7 Å². The van der Waals surface area contributed by atoms with Crippen LogP contribution in [0.1, 0.15) is 21.5 Å². The molecule has 4 N–H and O–H groups in total. The molecule has 1 aliphatic heterocycles. The summed E-state index contributed by atoms with van der Waals surface area (Å²) in [6.45, 7) is 0.343. The van der Waals surface area contributed by atoms with Crippen LogP contribution in [0.5, 0.6) is 0 Å². The summed E-state index contributed by atoms with van der Waals surface area (Å²) in [6.07, 6.45) is 1.57. The Kier molecular flexibility index (Phi) is 5.68. The third-order valence-electron chi connectivity index (χ3n) is 5.91. The first-order valence-corrected chi connectivity index (χ1v) is 12.4. The highest BCUT2D eigenvalue weighted by Crippen LogP contribution is 2.31. The van der Waals surface area contributed by atoms with Gasteiger partial charge in [-0.1, -0.05) is 54.6 Å². The number of fused-ring (bicyclic) bond motifs is 2. The van der Waals surface area contributed by atoms with Gasteiger partial charge in [-0.15, -0.1) is 0 Å². The van der Waals surface area contributed by atoms with Crippen molar-refractivity contribution in [2.45, 2.75) is 11.4 Å². The molecule has 4 aromatic rings. The average Bonchev–Trinajstić information content (AvgIpc) is 2.85. The van der Waals surface area contributed by atoms with Crippen molar-refractivity contribution in [1.29, 1.82) is 0 Å². The summed E-state index contributed by atoms with van der Waals surface area (Å²) in [5.74, 6) is -0.930. The van der Waals surface area contributed by atoms with Crippen LogP contribution in [0, 0.1) is 0 Å². The largest absolute Gasteiger partial charge is 0.386 e. The van der Waals surface area contributed by atoms with E-state index in [0.29, 0.717) is 23.2 Å². The number of hydrogen-bond donors (Lipinski definition) is 3. The van der Waals surface area contributed by atoms with Crippen molar-refractivity contribution in [3.05, 3.63) is 108 Å². The van der Waals surface area contributed by atoms with Gasteiger partial charge in [0.25, 0.3) is 11.8 Å². The number of amides is 2. The zero-order valence-electron chi connectivity index (χ0n) is 18.5. The van der Waals surface area contributed by atoms with Gasteiger partial charge in [0.05, 0.1) is 10.5 Å². The van der Waals surface area contributed by atoms with Crippen molar-refractivity contribution < 1.29 is 18.0 Å². The second-order valence-electron chi connectivity index (χ2n) is 8.23. The van der Waals surface area contributed by atoms with E-state index in [1.807, 2.05) is 48.5 Å². The zero-order chi connectivity index (χ0) is 24.6. The molecule has 0 saturated carbocycles. The second kappa shape index (κ2) is 8.83. The number of sulfonamides is 1. The minimum atomic E-state index is -3.76. The van der Waals surface area contributed by atoms with Crippen LogP contribution in [0.2, 0.25) is 0 Å². The molecule has 5 rings (SSSR count). The smallest absolute Gasteiger partial charge is 0.260 e. The fourth-order valence-electron chi connectivity index (χ4n) is 4.08. The number of nitrogens with two attached hydrogens (primary N) is 1. The lowest BCUT2D eigenvalue weighted by Gasteiger charge is -2.19. The van der Waals surface area contributed by atoms with E-state index in [9.17, 15) is 18.0 Å². The average molecular weight is 484 g/mol. The Hall–Kier alpha value is -4.27. The Bertz CT molecular complexity index is 1620. The lowest BCUT2D eigenvalue weighted by Crippen LogP contribution is -2.37. The molecule has 1 aliphatic rings. The minimum Gasteiger partial charge on any atom is -0.386 e. The molecule has 0 unspecified atom stereocenters. The summed E-state index contributed by atoms with van der Waals surface area (Å²) in [6, 6.07) is 25.8. The fourth-order valence-corrected chi connectivity index (χ4v) is 4.60. The van der Waals surface area contributed by atoms with Crippen LogP contribution in [0.3, 0.4) is 0 Å². The summed E-state index contributed by atoms with van der Waals surface area (Å²) in [5.41, 5.74) is 3.96. The molecule has 0 bridgehead atoms. The van der Waals surface area contributed by atoms with E-state index < -0.39 is 21.8 Å². The van der Waals surface area contributed by atoms with Crippen LogP contribution in [-0.4, -0.2) is 20.2 Å². The predicted molar refractivity (Wildman–Crippen MR) is 134 cm³/mol. The molecule has 1 heterocycles. The van der Waals surface area contributed by atoms with Crippen molar-refractivity contribution in [1.82, 2.24) is 10.6 Å². The van der Waals surface area contributed by atoms with Crippen LogP contribution in [0.4, 0.5) is 0 Å². The number of imide groups is 1. The molecular weight excluding hydrogens is 462 g/mol. The Balaban J connectivity index is 1.45. The van der Waals surface area contributed by atoms with Gasteiger partial charge < -0.3 is 5.32 Å². The van der Waals surface area contributed by atoms with E-state index in [0.717, 1.165) is 27.5 Å². The maximum Gasteiger partial charge on any atom is 0.260 e. The Morgan fingerprint density at radius 3 is 2.20 bits per heavy atom. The van der Waals surface area contributed by atoms with Gasteiger partial charge in [-0.25, -0.2) is 13.6 Å². The highest BCUT2D eigenvalue weighted by atomic mass is 32.2. The molecular formula is C27H21N3O4S. The summed E-state index contributed by atoms with van der Waals surface area (Å²) < 4.78 is 22.8. The van der Waals surface area contributed by atoms with E-state index in [-0.39, 0.29) is 4.90 Å². The van der Waals surface area contributed by atoms with Gasteiger partial charge in [0.1, 0.15) is 0 Å². The predicted octanol–water partition coefficient (Wildman–Crippen LogP) is 3.55. The standard InChI is InChI=1S/C27H21N3O4S/c28-35(33,34)22-10-5-17(6-11-22)15-29-16-25-24-14-21(9-12-23(24)26(31)30-27(25)32)20-8-7-18-3-1-2-4-19(18)13-20/h1-14,16,29H,15H2,(H2,28,33,34)(H,30,31,32)/b25-16-. The molecule has 35 heavy (non-hydrogen) atoms. The van der Waals surface area contributed by atoms with Crippen molar-refractivity contribution in [3.8, 4) is 11.1 Å². The van der Waals surface area contributed by atoms with E-state index in [1.165, 1.54) is 12.1 Å². The Labute approximate surface area is 202 Å². The highest BCUT2D eigenvalue weighted by Gasteiger charge is 2.27. The molecule has 174 valence electrons. The first-order valence-electron chi connectivity index (χ1n) is 10.8.